The molecule has 1 fully saturated rings. The van der Waals surface area contributed by atoms with Crippen molar-refractivity contribution in [1.82, 2.24) is 4.72 Å². The third kappa shape index (κ3) is 3.80. The van der Waals surface area contributed by atoms with Crippen LogP contribution in [0.3, 0.4) is 0 Å². The summed E-state index contributed by atoms with van der Waals surface area (Å²) < 4.78 is 28.3. The molecule has 0 atom stereocenters. The van der Waals surface area contributed by atoms with Crippen molar-refractivity contribution in [2.45, 2.75) is 44.6 Å². The molecular formula is C13H18BrNO2S. The number of hydrogen-bond donors (Lipinski definition) is 1. The second-order valence-electron chi connectivity index (χ2n) is 4.75. The second-order valence-corrected chi connectivity index (χ2v) is 7.48. The quantitative estimate of drug-likeness (QED) is 0.861. The fourth-order valence-electron chi connectivity index (χ4n) is 2.27. The zero-order chi connectivity index (χ0) is 13.0. The van der Waals surface area contributed by atoms with Gasteiger partial charge < -0.3 is 0 Å². The van der Waals surface area contributed by atoms with Crippen LogP contribution in [0, 0.1) is 0 Å². The molecule has 0 radical (unpaired) electrons. The molecule has 18 heavy (non-hydrogen) atoms. The molecular weight excluding hydrogens is 314 g/mol. The lowest BCUT2D eigenvalue weighted by molar-refractivity contribution is 0.413. The fraction of sp³-hybridized carbons (Fsp3) is 0.538. The number of allylic oxidation sites excluding steroid dienone is 5. The zero-order valence-electron chi connectivity index (χ0n) is 10.2. The van der Waals surface area contributed by atoms with Crippen molar-refractivity contribution in [3.63, 3.8) is 0 Å². The lowest BCUT2D eigenvalue weighted by atomic mass is 9.96. The summed E-state index contributed by atoms with van der Waals surface area (Å²) >= 11 is 3.38. The number of sulfonamides is 1. The van der Waals surface area contributed by atoms with Crippen molar-refractivity contribution in [3.8, 4) is 0 Å². The van der Waals surface area contributed by atoms with Crippen molar-refractivity contribution in [2.24, 2.45) is 0 Å². The van der Waals surface area contributed by atoms with E-state index in [1.165, 1.54) is 6.42 Å². The van der Waals surface area contributed by atoms with E-state index in [0.29, 0.717) is 4.91 Å². The molecule has 0 aromatic rings. The van der Waals surface area contributed by atoms with Crippen LogP contribution in [0.25, 0.3) is 0 Å². The maximum absolute atomic E-state index is 12.2. The van der Waals surface area contributed by atoms with Crippen LogP contribution in [-0.2, 0) is 10.0 Å². The molecule has 0 aromatic carbocycles. The molecule has 0 amide bonds. The largest absolute Gasteiger partial charge is 0.240 e. The first-order valence-electron chi connectivity index (χ1n) is 6.33. The van der Waals surface area contributed by atoms with E-state index in [0.717, 1.165) is 36.6 Å². The fourth-order valence-corrected chi connectivity index (χ4v) is 3.92. The summed E-state index contributed by atoms with van der Waals surface area (Å²) in [5.74, 6) is 0. The molecule has 100 valence electrons. The van der Waals surface area contributed by atoms with Crippen LogP contribution >= 0.6 is 15.9 Å². The van der Waals surface area contributed by atoms with E-state index in [4.69, 9.17) is 0 Å². The lowest BCUT2D eigenvalue weighted by Gasteiger charge is -2.22. The SMILES string of the molecule is O=S(=O)(NC1CCCCC1)C1=CC=C(Br)CC=C1. The number of hydrogen-bond acceptors (Lipinski definition) is 2. The smallest absolute Gasteiger partial charge is 0.208 e. The van der Waals surface area contributed by atoms with Crippen LogP contribution in [0.1, 0.15) is 38.5 Å². The van der Waals surface area contributed by atoms with Crippen LogP contribution in [0.15, 0.2) is 33.7 Å². The molecule has 2 rings (SSSR count). The van der Waals surface area contributed by atoms with Gasteiger partial charge in [0.2, 0.25) is 10.0 Å². The van der Waals surface area contributed by atoms with Gasteiger partial charge in [0.1, 0.15) is 0 Å². The normalized spacial score (nSPS) is 22.3. The summed E-state index contributed by atoms with van der Waals surface area (Å²) in [6.07, 6.45) is 13.1. The highest BCUT2D eigenvalue weighted by Gasteiger charge is 2.22. The summed E-state index contributed by atoms with van der Waals surface area (Å²) in [4.78, 5) is 0.350. The molecule has 0 bridgehead atoms. The molecule has 0 saturated heterocycles. The van der Waals surface area contributed by atoms with Crippen molar-refractivity contribution in [1.29, 1.82) is 0 Å². The summed E-state index contributed by atoms with van der Waals surface area (Å²) in [6, 6.07) is 0.105. The highest BCUT2D eigenvalue weighted by Crippen LogP contribution is 2.22. The summed E-state index contributed by atoms with van der Waals surface area (Å²) in [5.41, 5.74) is 0. The first-order chi connectivity index (χ1) is 8.58. The Kier molecular flexibility index (Phi) is 4.81. The molecule has 1 N–H and O–H groups in total. The van der Waals surface area contributed by atoms with E-state index >= 15 is 0 Å². The van der Waals surface area contributed by atoms with Gasteiger partial charge in [0.25, 0.3) is 0 Å². The van der Waals surface area contributed by atoms with E-state index in [-0.39, 0.29) is 6.04 Å². The molecule has 0 aliphatic heterocycles. The summed E-state index contributed by atoms with van der Waals surface area (Å²) in [6.45, 7) is 0. The first kappa shape index (κ1) is 14.0. The average molecular weight is 332 g/mol. The van der Waals surface area contributed by atoms with E-state index in [1.807, 2.05) is 6.08 Å². The topological polar surface area (TPSA) is 46.2 Å². The monoisotopic (exact) mass is 331 g/mol. The number of nitrogens with one attached hydrogen (secondary N) is 1. The van der Waals surface area contributed by atoms with Gasteiger partial charge in [0, 0.05) is 6.04 Å². The lowest BCUT2D eigenvalue weighted by Crippen LogP contribution is -2.36. The highest BCUT2D eigenvalue weighted by atomic mass is 79.9. The van der Waals surface area contributed by atoms with E-state index < -0.39 is 10.0 Å². The van der Waals surface area contributed by atoms with Crippen molar-refractivity contribution >= 4 is 26.0 Å². The zero-order valence-corrected chi connectivity index (χ0v) is 12.6. The van der Waals surface area contributed by atoms with Crippen LogP contribution in [0.4, 0.5) is 0 Å². The molecule has 5 heteroatoms. The summed E-state index contributed by atoms with van der Waals surface area (Å²) in [5, 5.41) is 0. The van der Waals surface area contributed by atoms with Crippen molar-refractivity contribution in [2.75, 3.05) is 0 Å². The Bertz CT molecular complexity index is 485. The second kappa shape index (κ2) is 6.17. The summed E-state index contributed by atoms with van der Waals surface area (Å²) in [7, 11) is -3.37. The minimum atomic E-state index is -3.37. The molecule has 0 unspecified atom stereocenters. The molecule has 0 spiro atoms. The van der Waals surface area contributed by atoms with Crippen LogP contribution in [0.2, 0.25) is 0 Å². The third-order valence-corrected chi connectivity index (χ3v) is 5.39. The molecule has 0 aromatic heterocycles. The Morgan fingerprint density at radius 1 is 1.17 bits per heavy atom. The molecule has 2 aliphatic rings. The molecule has 3 nitrogen and oxygen atoms in total. The van der Waals surface area contributed by atoms with Gasteiger partial charge in [-0.25, -0.2) is 13.1 Å². The minimum Gasteiger partial charge on any atom is -0.208 e. The van der Waals surface area contributed by atoms with Gasteiger partial charge in [-0.15, -0.1) is 0 Å². The van der Waals surface area contributed by atoms with E-state index in [9.17, 15) is 8.42 Å². The van der Waals surface area contributed by atoms with Gasteiger partial charge in [-0.3, -0.25) is 0 Å². The Morgan fingerprint density at radius 2 is 1.89 bits per heavy atom. The van der Waals surface area contributed by atoms with Crippen LogP contribution in [-0.4, -0.2) is 14.5 Å². The first-order valence-corrected chi connectivity index (χ1v) is 8.61. The van der Waals surface area contributed by atoms with E-state index in [1.54, 1.807) is 18.2 Å². The minimum absolute atomic E-state index is 0.105. The van der Waals surface area contributed by atoms with Crippen molar-refractivity contribution in [3.05, 3.63) is 33.7 Å². The maximum atomic E-state index is 12.2. The number of rotatable bonds is 3. The Balaban J connectivity index is 2.10. The van der Waals surface area contributed by atoms with Gasteiger partial charge in [-0.05, 0) is 35.9 Å². The molecule has 1 saturated carbocycles. The van der Waals surface area contributed by atoms with E-state index in [2.05, 4.69) is 20.7 Å². The molecule has 2 aliphatic carbocycles. The van der Waals surface area contributed by atoms with Crippen LogP contribution in [0.5, 0.6) is 0 Å². The number of halogens is 1. The predicted octanol–water partition coefficient (Wildman–Crippen LogP) is 3.36. The van der Waals surface area contributed by atoms with Gasteiger partial charge in [-0.1, -0.05) is 47.3 Å². The van der Waals surface area contributed by atoms with Gasteiger partial charge in [0.05, 0.1) is 4.91 Å². The third-order valence-electron chi connectivity index (χ3n) is 3.26. The van der Waals surface area contributed by atoms with Crippen molar-refractivity contribution < 1.29 is 8.42 Å². The Hall–Kier alpha value is -0.390. The van der Waals surface area contributed by atoms with Gasteiger partial charge in [0.15, 0.2) is 0 Å². The van der Waals surface area contributed by atoms with Gasteiger partial charge in [-0.2, -0.15) is 0 Å². The predicted molar refractivity (Wildman–Crippen MR) is 77.8 cm³/mol. The van der Waals surface area contributed by atoms with Gasteiger partial charge >= 0.3 is 0 Å². The molecule has 0 heterocycles. The highest BCUT2D eigenvalue weighted by molar-refractivity contribution is 9.11. The Morgan fingerprint density at radius 3 is 2.61 bits per heavy atom. The average Bonchev–Trinajstić information content (AvgIpc) is 2.55. The maximum Gasteiger partial charge on any atom is 0.240 e. The van der Waals surface area contributed by atoms with Crippen LogP contribution < -0.4 is 4.72 Å². The Labute approximate surface area is 117 Å². The standard InChI is InChI=1S/C13H18BrNO2S/c14-11-5-4-8-13(10-9-11)18(16,17)15-12-6-2-1-3-7-12/h4,8-10,12,15H,1-3,5-7H2.